The number of amides is 1. The fourth-order valence-corrected chi connectivity index (χ4v) is 1.48. The maximum Gasteiger partial charge on any atom is 0.253 e. The van der Waals surface area contributed by atoms with Crippen molar-refractivity contribution in [1.82, 2.24) is 20.3 Å². The van der Waals surface area contributed by atoms with Gasteiger partial charge >= 0.3 is 0 Å². The molecule has 0 saturated carbocycles. The smallest absolute Gasteiger partial charge is 0.253 e. The summed E-state index contributed by atoms with van der Waals surface area (Å²) in [5.74, 6) is 5.60. The Morgan fingerprint density at radius 1 is 1.47 bits per heavy atom. The molecule has 0 atom stereocenters. The molecule has 6 nitrogen and oxygen atoms in total. The molecule has 2 heterocycles. The van der Waals surface area contributed by atoms with E-state index in [-0.39, 0.29) is 12.5 Å². The highest BCUT2D eigenvalue weighted by atomic mass is 16.2. The summed E-state index contributed by atoms with van der Waals surface area (Å²) < 4.78 is 0. The maximum atomic E-state index is 12.0. The summed E-state index contributed by atoms with van der Waals surface area (Å²) in [6, 6.07) is 1.58. The third-order valence-electron chi connectivity index (χ3n) is 2.34. The van der Waals surface area contributed by atoms with E-state index in [1.807, 2.05) is 0 Å². The number of aliphatic hydroxyl groups excluding tert-OH is 1. The van der Waals surface area contributed by atoms with Gasteiger partial charge < -0.3 is 15.4 Å². The average Bonchev–Trinajstić information content (AvgIpc) is 2.96. The van der Waals surface area contributed by atoms with Crippen LogP contribution in [0.15, 0.2) is 30.9 Å². The predicted molar refractivity (Wildman–Crippen MR) is 68.0 cm³/mol. The van der Waals surface area contributed by atoms with Gasteiger partial charge in [0, 0.05) is 24.8 Å². The minimum Gasteiger partial charge on any atom is -0.384 e. The van der Waals surface area contributed by atoms with Gasteiger partial charge in [-0.3, -0.25) is 9.78 Å². The van der Waals surface area contributed by atoms with Gasteiger partial charge in [0.2, 0.25) is 0 Å². The molecule has 2 aromatic rings. The van der Waals surface area contributed by atoms with Crippen molar-refractivity contribution in [2.45, 2.75) is 6.54 Å². The van der Waals surface area contributed by atoms with Gasteiger partial charge in [-0.25, -0.2) is 4.98 Å². The third-order valence-corrected chi connectivity index (χ3v) is 2.34. The molecular formula is C13H12N4O2. The average molecular weight is 256 g/mol. The molecule has 96 valence electrons. The van der Waals surface area contributed by atoms with Crippen molar-refractivity contribution in [3.05, 3.63) is 47.8 Å². The highest BCUT2D eigenvalue weighted by Crippen LogP contribution is 2.05. The van der Waals surface area contributed by atoms with E-state index in [4.69, 9.17) is 5.11 Å². The molecule has 6 heteroatoms. The van der Waals surface area contributed by atoms with Gasteiger partial charge in [0.05, 0.1) is 17.7 Å². The second-order valence-corrected chi connectivity index (χ2v) is 3.60. The molecule has 0 saturated heterocycles. The van der Waals surface area contributed by atoms with E-state index >= 15 is 0 Å². The topological polar surface area (TPSA) is 90.9 Å². The van der Waals surface area contributed by atoms with E-state index in [0.717, 1.165) is 0 Å². The Morgan fingerprint density at radius 3 is 3.11 bits per heavy atom. The molecule has 0 fully saturated rings. The Balaban J connectivity index is 2.10. The highest BCUT2D eigenvalue weighted by molar-refractivity contribution is 5.96. The van der Waals surface area contributed by atoms with Gasteiger partial charge in [0.15, 0.2) is 0 Å². The van der Waals surface area contributed by atoms with Crippen LogP contribution >= 0.6 is 0 Å². The molecule has 0 bridgehead atoms. The lowest BCUT2D eigenvalue weighted by Crippen LogP contribution is -2.24. The van der Waals surface area contributed by atoms with Crippen LogP contribution in [0, 0.1) is 11.8 Å². The SMILES string of the molecule is O=C(NCc1ncc[nH]1)c1ccncc1C#CCO. The van der Waals surface area contributed by atoms with Crippen molar-refractivity contribution < 1.29 is 9.90 Å². The van der Waals surface area contributed by atoms with Gasteiger partial charge in [0.1, 0.15) is 12.4 Å². The standard InChI is InChI=1S/C13H12N4O2/c18-7-1-2-10-8-14-4-3-11(10)13(19)17-9-12-15-5-6-16-12/h3-6,8,18H,7,9H2,(H,15,16)(H,17,19). The van der Waals surface area contributed by atoms with Gasteiger partial charge in [-0.15, -0.1) is 0 Å². The van der Waals surface area contributed by atoms with Crippen molar-refractivity contribution in [2.24, 2.45) is 0 Å². The summed E-state index contributed by atoms with van der Waals surface area (Å²) in [6.45, 7) is 0.0450. The van der Waals surface area contributed by atoms with E-state index < -0.39 is 0 Å². The molecule has 19 heavy (non-hydrogen) atoms. The van der Waals surface area contributed by atoms with Crippen LogP contribution in [-0.4, -0.2) is 32.6 Å². The van der Waals surface area contributed by atoms with Crippen molar-refractivity contribution in [1.29, 1.82) is 0 Å². The lowest BCUT2D eigenvalue weighted by Gasteiger charge is -2.05. The number of imidazole rings is 1. The molecule has 0 unspecified atom stereocenters. The Hall–Kier alpha value is -2.65. The van der Waals surface area contributed by atoms with Crippen LogP contribution in [0.2, 0.25) is 0 Å². The minimum absolute atomic E-state index is 0.262. The molecule has 0 aliphatic rings. The van der Waals surface area contributed by atoms with Crippen LogP contribution in [0.1, 0.15) is 21.7 Å². The van der Waals surface area contributed by atoms with Gasteiger partial charge in [0.25, 0.3) is 5.91 Å². The van der Waals surface area contributed by atoms with Crippen LogP contribution in [0.5, 0.6) is 0 Å². The van der Waals surface area contributed by atoms with Gasteiger partial charge in [-0.1, -0.05) is 11.8 Å². The number of hydrogen-bond donors (Lipinski definition) is 3. The summed E-state index contributed by atoms with van der Waals surface area (Å²) in [5.41, 5.74) is 0.899. The van der Waals surface area contributed by atoms with Crippen molar-refractivity contribution in [3.63, 3.8) is 0 Å². The number of aromatic nitrogens is 3. The summed E-state index contributed by atoms with van der Waals surface area (Å²) >= 11 is 0. The molecule has 0 radical (unpaired) electrons. The highest BCUT2D eigenvalue weighted by Gasteiger charge is 2.10. The molecule has 3 N–H and O–H groups in total. The Labute approximate surface area is 109 Å². The number of carbonyl (C=O) groups is 1. The minimum atomic E-state index is -0.263. The number of aromatic amines is 1. The van der Waals surface area contributed by atoms with E-state index in [1.54, 1.807) is 18.5 Å². The van der Waals surface area contributed by atoms with Crippen LogP contribution in [0.3, 0.4) is 0 Å². The first-order chi connectivity index (χ1) is 9.31. The van der Waals surface area contributed by atoms with Crippen LogP contribution in [0.25, 0.3) is 0 Å². The zero-order chi connectivity index (χ0) is 13.5. The molecule has 2 rings (SSSR count). The lowest BCUT2D eigenvalue weighted by molar-refractivity contribution is 0.0949. The lowest BCUT2D eigenvalue weighted by atomic mass is 10.1. The van der Waals surface area contributed by atoms with Crippen LogP contribution in [0.4, 0.5) is 0 Å². The molecule has 0 aliphatic carbocycles. The first-order valence-corrected chi connectivity index (χ1v) is 5.61. The molecule has 0 aromatic carbocycles. The summed E-state index contributed by atoms with van der Waals surface area (Å²) in [5, 5.41) is 11.4. The summed E-state index contributed by atoms with van der Waals surface area (Å²) in [7, 11) is 0. The molecule has 0 spiro atoms. The van der Waals surface area contributed by atoms with E-state index in [0.29, 0.717) is 23.5 Å². The second-order valence-electron chi connectivity index (χ2n) is 3.60. The fraction of sp³-hybridized carbons (Fsp3) is 0.154. The maximum absolute atomic E-state index is 12.0. The first-order valence-electron chi connectivity index (χ1n) is 5.61. The zero-order valence-electron chi connectivity index (χ0n) is 10.1. The monoisotopic (exact) mass is 256 g/mol. The Kier molecular flexibility index (Phi) is 4.26. The number of pyridine rings is 1. The predicted octanol–water partition coefficient (Wildman–Crippen LogP) is 0.0785. The quantitative estimate of drug-likeness (QED) is 0.678. The number of nitrogens with one attached hydrogen (secondary N) is 2. The van der Waals surface area contributed by atoms with Crippen molar-refractivity contribution in [3.8, 4) is 11.8 Å². The number of hydrogen-bond acceptors (Lipinski definition) is 4. The van der Waals surface area contributed by atoms with Gasteiger partial charge in [-0.2, -0.15) is 0 Å². The third kappa shape index (κ3) is 3.40. The fourth-order valence-electron chi connectivity index (χ4n) is 1.48. The van der Waals surface area contributed by atoms with E-state index in [9.17, 15) is 4.79 Å². The zero-order valence-corrected chi connectivity index (χ0v) is 10.1. The summed E-state index contributed by atoms with van der Waals surface area (Å²) in [6.07, 6.45) is 6.31. The van der Waals surface area contributed by atoms with Crippen molar-refractivity contribution in [2.75, 3.05) is 6.61 Å². The van der Waals surface area contributed by atoms with E-state index in [1.165, 1.54) is 12.4 Å². The molecule has 2 aromatic heterocycles. The normalized spacial score (nSPS) is 9.53. The van der Waals surface area contributed by atoms with Crippen LogP contribution in [-0.2, 0) is 6.54 Å². The largest absolute Gasteiger partial charge is 0.384 e. The Morgan fingerprint density at radius 2 is 2.37 bits per heavy atom. The molecule has 1 amide bonds. The number of carbonyl (C=O) groups excluding carboxylic acids is 1. The number of H-pyrrole nitrogens is 1. The Bertz CT molecular complexity index is 611. The second kappa shape index (κ2) is 6.33. The van der Waals surface area contributed by atoms with E-state index in [2.05, 4.69) is 32.1 Å². The first kappa shape index (κ1) is 12.8. The molecular weight excluding hydrogens is 244 g/mol. The van der Waals surface area contributed by atoms with Crippen molar-refractivity contribution >= 4 is 5.91 Å². The summed E-state index contributed by atoms with van der Waals surface area (Å²) in [4.78, 5) is 22.8. The van der Waals surface area contributed by atoms with Crippen LogP contribution < -0.4 is 5.32 Å². The number of nitrogens with zero attached hydrogens (tertiary/aromatic N) is 2. The molecule has 0 aliphatic heterocycles. The van der Waals surface area contributed by atoms with Gasteiger partial charge in [-0.05, 0) is 6.07 Å². The number of rotatable bonds is 3. The number of aliphatic hydroxyl groups is 1.